The van der Waals surface area contributed by atoms with Crippen LogP contribution in [-0.4, -0.2) is 21.9 Å². The average Bonchev–Trinajstić information content (AvgIpc) is 3.34. The van der Waals surface area contributed by atoms with Gasteiger partial charge < -0.3 is 4.18 Å². The minimum absolute atomic E-state index is 0.0218. The third-order valence-electron chi connectivity index (χ3n) is 5.22. The lowest BCUT2D eigenvalue weighted by molar-refractivity contribution is 0.340. The lowest BCUT2D eigenvalue weighted by Gasteiger charge is -2.08. The highest BCUT2D eigenvalue weighted by Crippen LogP contribution is 2.35. The van der Waals surface area contributed by atoms with E-state index in [-0.39, 0.29) is 20.6 Å². The summed E-state index contributed by atoms with van der Waals surface area (Å²) in [7, 11) is -8.37. The first-order chi connectivity index (χ1) is 17.6. The fourth-order valence-electron chi connectivity index (χ4n) is 3.28. The molecule has 0 unspecified atom stereocenters. The minimum atomic E-state index is -4.29. The van der Waals surface area contributed by atoms with Gasteiger partial charge in [-0.3, -0.25) is 4.28 Å². The lowest BCUT2D eigenvalue weighted by Crippen LogP contribution is -2.10. The monoisotopic (exact) mass is 552 g/mol. The normalized spacial score (nSPS) is 15.9. The van der Waals surface area contributed by atoms with Gasteiger partial charge >= 0.3 is 20.2 Å². The summed E-state index contributed by atoms with van der Waals surface area (Å²) < 4.78 is 60.0. The molecule has 0 radical (unpaired) electrons. The summed E-state index contributed by atoms with van der Waals surface area (Å²) in [5, 5.41) is 13.6. The van der Waals surface area contributed by atoms with E-state index < -0.39 is 20.2 Å². The highest BCUT2D eigenvalue weighted by molar-refractivity contribution is 8.18. The van der Waals surface area contributed by atoms with Gasteiger partial charge in [-0.25, -0.2) is 0 Å². The molecule has 0 aromatic heterocycles. The summed E-state index contributed by atoms with van der Waals surface area (Å²) in [5.41, 5.74) is 3.05. The summed E-state index contributed by atoms with van der Waals surface area (Å²) >= 11 is 1.11. The molecule has 3 aromatic rings. The van der Waals surface area contributed by atoms with Crippen LogP contribution in [0, 0.1) is 25.2 Å². The number of thioether (sulfide) groups is 1. The first-order valence-corrected chi connectivity index (χ1v) is 14.4. The van der Waals surface area contributed by atoms with Gasteiger partial charge in [0.15, 0.2) is 0 Å². The standard InChI is InChI=1S/C26H20N2O6S3/c1-18-7-11-21(12-8-18)36(29,30)33-20-9-13-22(14-10-20)37(31,32)34-28-26-16-15-25(35-26)24(17-27)23-6-4-3-5-19(23)2/h3-16H,1-2H3. The van der Waals surface area contributed by atoms with E-state index in [1.807, 2.05) is 38.1 Å². The van der Waals surface area contributed by atoms with Crippen LogP contribution in [0.25, 0.3) is 5.57 Å². The number of hydrogen-bond acceptors (Lipinski definition) is 9. The predicted molar refractivity (Wildman–Crippen MR) is 142 cm³/mol. The van der Waals surface area contributed by atoms with Gasteiger partial charge in [0.05, 0.1) is 5.57 Å². The molecule has 0 saturated carbocycles. The van der Waals surface area contributed by atoms with Crippen LogP contribution in [0.1, 0.15) is 16.7 Å². The SMILES string of the molecule is Cc1ccc(S(=O)(=O)Oc2ccc(S(=O)(=O)ON=C3C=CC(=C(C#N)c4ccccc4C)S3)cc2)cc1. The van der Waals surface area contributed by atoms with Crippen molar-refractivity contribution >= 4 is 42.6 Å². The molecule has 0 fully saturated rings. The number of allylic oxidation sites excluding steroid dienone is 2. The molecule has 1 heterocycles. The molecule has 0 saturated heterocycles. The Morgan fingerprint density at radius 1 is 0.838 bits per heavy atom. The summed E-state index contributed by atoms with van der Waals surface area (Å²) in [6.45, 7) is 3.73. The molecule has 1 aliphatic rings. The van der Waals surface area contributed by atoms with Crippen molar-refractivity contribution in [1.29, 1.82) is 5.26 Å². The summed E-state index contributed by atoms with van der Waals surface area (Å²) in [4.78, 5) is 0.358. The minimum Gasteiger partial charge on any atom is -0.379 e. The van der Waals surface area contributed by atoms with Crippen molar-refractivity contribution in [3.05, 3.63) is 107 Å². The molecule has 8 nitrogen and oxygen atoms in total. The molecule has 11 heteroatoms. The highest BCUT2D eigenvalue weighted by atomic mass is 32.2. The maximum absolute atomic E-state index is 12.6. The van der Waals surface area contributed by atoms with E-state index in [1.165, 1.54) is 24.3 Å². The van der Waals surface area contributed by atoms with E-state index >= 15 is 0 Å². The van der Waals surface area contributed by atoms with Crippen LogP contribution < -0.4 is 4.18 Å². The zero-order chi connectivity index (χ0) is 26.6. The third-order valence-corrected chi connectivity index (χ3v) is 8.58. The maximum atomic E-state index is 12.6. The molecule has 0 atom stereocenters. The Morgan fingerprint density at radius 2 is 1.46 bits per heavy atom. The lowest BCUT2D eigenvalue weighted by atomic mass is 10.0. The number of hydrogen-bond donors (Lipinski definition) is 0. The van der Waals surface area contributed by atoms with Crippen LogP contribution in [0.5, 0.6) is 5.75 Å². The van der Waals surface area contributed by atoms with Crippen LogP contribution in [0.4, 0.5) is 0 Å². The van der Waals surface area contributed by atoms with Gasteiger partial charge in [-0.15, -0.1) is 0 Å². The first kappa shape index (κ1) is 26.2. The topological polar surface area (TPSA) is 123 Å². The summed E-state index contributed by atoms with van der Waals surface area (Å²) in [5.74, 6) is -0.0601. The fraction of sp³-hybridized carbons (Fsp3) is 0.0769. The molecule has 0 spiro atoms. The number of aryl methyl sites for hydroxylation is 2. The van der Waals surface area contributed by atoms with Crippen LogP contribution >= 0.6 is 11.8 Å². The molecule has 1 aliphatic heterocycles. The van der Waals surface area contributed by atoms with Gasteiger partial charge in [-0.2, -0.15) is 22.1 Å². The number of benzene rings is 3. The third kappa shape index (κ3) is 6.11. The van der Waals surface area contributed by atoms with E-state index in [0.717, 1.165) is 40.6 Å². The number of oxime groups is 1. The van der Waals surface area contributed by atoms with E-state index in [2.05, 4.69) is 11.2 Å². The van der Waals surface area contributed by atoms with Crippen molar-refractivity contribution < 1.29 is 25.3 Å². The molecule has 0 aliphatic carbocycles. The largest absolute Gasteiger partial charge is 0.379 e. The van der Waals surface area contributed by atoms with Gasteiger partial charge in [0, 0.05) is 4.91 Å². The van der Waals surface area contributed by atoms with Crippen molar-refractivity contribution in [1.82, 2.24) is 0 Å². The average molecular weight is 553 g/mol. The summed E-state index contributed by atoms with van der Waals surface area (Å²) in [6, 6.07) is 20.5. The molecule has 3 aromatic carbocycles. The van der Waals surface area contributed by atoms with Gasteiger partial charge in [0.25, 0.3) is 0 Å². The summed E-state index contributed by atoms with van der Waals surface area (Å²) in [6.07, 6.45) is 3.23. The second-order valence-corrected chi connectivity index (χ2v) is 12.0. The van der Waals surface area contributed by atoms with E-state index in [0.29, 0.717) is 10.5 Å². The Hall–Kier alpha value is -3.85. The van der Waals surface area contributed by atoms with Crippen molar-refractivity contribution in [2.75, 3.05) is 0 Å². The molecular formula is C26H20N2O6S3. The smallest absolute Gasteiger partial charge is 0.358 e. The van der Waals surface area contributed by atoms with Crippen molar-refractivity contribution in [3.8, 4) is 11.8 Å². The molecule has 37 heavy (non-hydrogen) atoms. The highest BCUT2D eigenvalue weighted by Gasteiger charge is 2.21. The number of nitrogens with zero attached hydrogens (tertiary/aromatic N) is 2. The maximum Gasteiger partial charge on any atom is 0.358 e. The van der Waals surface area contributed by atoms with E-state index in [9.17, 15) is 22.1 Å². The van der Waals surface area contributed by atoms with Gasteiger partial charge in [-0.05, 0) is 73.5 Å². The van der Waals surface area contributed by atoms with Gasteiger partial charge in [-0.1, -0.05) is 58.9 Å². The van der Waals surface area contributed by atoms with Crippen LogP contribution in [0.3, 0.4) is 0 Å². The second kappa shape index (κ2) is 10.6. The van der Waals surface area contributed by atoms with Crippen molar-refractivity contribution in [3.63, 3.8) is 0 Å². The zero-order valence-corrected chi connectivity index (χ0v) is 22.1. The Bertz CT molecular complexity index is 1680. The van der Waals surface area contributed by atoms with Crippen molar-refractivity contribution in [2.24, 2.45) is 5.16 Å². The van der Waals surface area contributed by atoms with E-state index in [4.69, 9.17) is 8.47 Å². The molecule has 0 N–H and O–H groups in total. The van der Waals surface area contributed by atoms with Crippen LogP contribution in [0.2, 0.25) is 0 Å². The predicted octanol–water partition coefficient (Wildman–Crippen LogP) is 5.33. The molecule has 4 rings (SSSR count). The van der Waals surface area contributed by atoms with Gasteiger partial charge in [0.2, 0.25) is 0 Å². The molecule has 0 bridgehead atoms. The van der Waals surface area contributed by atoms with Crippen LogP contribution in [-0.2, 0) is 24.5 Å². The fourth-order valence-corrected chi connectivity index (χ4v) is 5.82. The molecule has 0 amide bonds. The molecule has 188 valence electrons. The quantitative estimate of drug-likeness (QED) is 0.219. The van der Waals surface area contributed by atoms with Gasteiger partial charge in [0.1, 0.15) is 26.7 Å². The Balaban J connectivity index is 1.46. The van der Waals surface area contributed by atoms with E-state index in [1.54, 1.807) is 24.3 Å². The molecular weight excluding hydrogens is 532 g/mol. The zero-order valence-electron chi connectivity index (χ0n) is 19.7. The second-order valence-electron chi connectivity index (χ2n) is 7.88. The first-order valence-electron chi connectivity index (χ1n) is 10.8. The Labute approximate surface area is 219 Å². The number of rotatable bonds is 7. The van der Waals surface area contributed by atoms with Crippen molar-refractivity contribution in [2.45, 2.75) is 23.6 Å². The van der Waals surface area contributed by atoms with Crippen LogP contribution in [0.15, 0.2) is 105 Å². The Kier molecular flexibility index (Phi) is 7.54. The Morgan fingerprint density at radius 3 is 2.11 bits per heavy atom. The number of nitriles is 1.